The molecule has 0 unspecified atom stereocenters. The highest BCUT2D eigenvalue weighted by atomic mass is 19.4. The molecule has 0 aromatic carbocycles. The minimum Gasteiger partial charge on any atom is -0.506 e. The summed E-state index contributed by atoms with van der Waals surface area (Å²) in [4.78, 5) is 7.10. The third-order valence-electron chi connectivity index (χ3n) is 2.06. The van der Waals surface area contributed by atoms with Crippen LogP contribution in [0, 0.1) is 0 Å². The number of rotatable bonds is 4. The molecule has 0 saturated carbocycles. The average molecular weight is 300 g/mol. The highest BCUT2D eigenvalue weighted by Gasteiger charge is 2.60. The Kier molecular flexibility index (Phi) is 4.36. The summed E-state index contributed by atoms with van der Waals surface area (Å²) in [6.45, 7) is 0. The van der Waals surface area contributed by atoms with E-state index in [0.29, 0.717) is 0 Å². The first kappa shape index (κ1) is 15.9. The first-order valence-corrected chi connectivity index (χ1v) is 4.94. The van der Waals surface area contributed by atoms with Gasteiger partial charge in [0.15, 0.2) is 5.76 Å². The van der Waals surface area contributed by atoms with Gasteiger partial charge < -0.3 is 14.6 Å². The minimum atomic E-state index is -5.92. The molecular formula is C10H9F5N2O3. The Morgan fingerprint density at radius 2 is 1.75 bits per heavy atom. The summed E-state index contributed by atoms with van der Waals surface area (Å²) < 4.78 is 71.1. The lowest BCUT2D eigenvalue weighted by molar-refractivity contribution is -0.273. The van der Waals surface area contributed by atoms with Gasteiger partial charge in [-0.15, -0.1) is 0 Å². The van der Waals surface area contributed by atoms with Crippen LogP contribution in [0.4, 0.5) is 22.0 Å². The molecule has 1 aromatic rings. The van der Waals surface area contributed by atoms with Gasteiger partial charge in [0, 0.05) is 12.1 Å². The number of aliphatic hydroxyl groups is 1. The zero-order valence-electron chi connectivity index (χ0n) is 10.2. The molecule has 20 heavy (non-hydrogen) atoms. The van der Waals surface area contributed by atoms with Crippen molar-refractivity contribution >= 4 is 6.08 Å². The number of allylic oxidation sites excluding steroid dienone is 1. The largest absolute Gasteiger partial charge is 0.506 e. The van der Waals surface area contributed by atoms with Crippen LogP contribution in [0.3, 0.4) is 0 Å². The summed E-state index contributed by atoms with van der Waals surface area (Å²) in [6, 6.07) is 0.629. The number of alkyl halides is 5. The van der Waals surface area contributed by atoms with E-state index in [2.05, 4.69) is 19.4 Å². The first-order chi connectivity index (χ1) is 9.11. The van der Waals surface area contributed by atoms with E-state index in [1.165, 1.54) is 7.11 Å². The van der Waals surface area contributed by atoms with Gasteiger partial charge in [-0.25, -0.2) is 0 Å². The monoisotopic (exact) mass is 300 g/mol. The lowest BCUT2D eigenvalue weighted by atomic mass is 10.2. The molecule has 0 aliphatic rings. The maximum Gasteiger partial charge on any atom is 0.461 e. The second kappa shape index (κ2) is 5.47. The van der Waals surface area contributed by atoms with Gasteiger partial charge >= 0.3 is 18.1 Å². The van der Waals surface area contributed by atoms with Gasteiger partial charge in [-0.05, 0) is 0 Å². The van der Waals surface area contributed by atoms with Crippen LogP contribution in [0.5, 0.6) is 11.9 Å². The van der Waals surface area contributed by atoms with Crippen molar-refractivity contribution in [2.24, 2.45) is 0 Å². The Morgan fingerprint density at radius 1 is 1.15 bits per heavy atom. The summed E-state index contributed by atoms with van der Waals surface area (Å²) in [5.41, 5.74) is -0.435. The highest BCUT2D eigenvalue weighted by molar-refractivity contribution is 5.50. The number of aliphatic hydroxyl groups excluding tert-OH is 1. The van der Waals surface area contributed by atoms with Gasteiger partial charge in [0.05, 0.1) is 19.9 Å². The number of ether oxygens (including phenoxy) is 2. The molecule has 0 saturated heterocycles. The van der Waals surface area contributed by atoms with Gasteiger partial charge in [-0.1, -0.05) is 0 Å². The van der Waals surface area contributed by atoms with Crippen LogP contribution in [-0.2, 0) is 0 Å². The van der Waals surface area contributed by atoms with E-state index in [1.54, 1.807) is 0 Å². The lowest BCUT2D eigenvalue weighted by Crippen LogP contribution is -2.38. The predicted molar refractivity (Wildman–Crippen MR) is 56.7 cm³/mol. The molecule has 0 bridgehead atoms. The molecule has 0 fully saturated rings. The van der Waals surface area contributed by atoms with Crippen molar-refractivity contribution in [3.8, 4) is 11.9 Å². The zero-order chi connectivity index (χ0) is 15.6. The molecule has 1 heterocycles. The fraction of sp³-hybridized carbons (Fsp3) is 0.400. The van der Waals surface area contributed by atoms with Gasteiger partial charge in [-0.2, -0.15) is 31.9 Å². The standard InChI is InChI=1S/C10H9F5N2O3/c1-19-7-4-5(16-8(17-7)20-2)3-6(18)9(11,12)10(13,14)15/h3-4,18H,1-2H3. The molecule has 0 atom stereocenters. The van der Waals surface area contributed by atoms with Gasteiger partial charge in [0.25, 0.3) is 0 Å². The van der Waals surface area contributed by atoms with Crippen molar-refractivity contribution in [3.63, 3.8) is 0 Å². The van der Waals surface area contributed by atoms with Crippen molar-refractivity contribution < 1.29 is 36.5 Å². The van der Waals surface area contributed by atoms with E-state index in [1.807, 2.05) is 0 Å². The van der Waals surface area contributed by atoms with Crippen molar-refractivity contribution in [2.75, 3.05) is 14.2 Å². The van der Waals surface area contributed by atoms with Crippen molar-refractivity contribution in [2.45, 2.75) is 12.1 Å². The number of halogens is 5. The number of methoxy groups -OCH3 is 2. The molecule has 0 radical (unpaired) electrons. The molecule has 0 spiro atoms. The molecule has 112 valence electrons. The smallest absolute Gasteiger partial charge is 0.461 e. The van der Waals surface area contributed by atoms with Crippen molar-refractivity contribution in [1.29, 1.82) is 0 Å². The van der Waals surface area contributed by atoms with Crippen LogP contribution in [0.2, 0.25) is 0 Å². The van der Waals surface area contributed by atoms with E-state index in [4.69, 9.17) is 5.11 Å². The Hall–Kier alpha value is -2.13. The SMILES string of the molecule is COc1cc(C=C(O)C(F)(F)C(F)(F)F)nc(OC)n1. The van der Waals surface area contributed by atoms with Crippen molar-refractivity contribution in [1.82, 2.24) is 9.97 Å². The molecule has 5 nitrogen and oxygen atoms in total. The summed E-state index contributed by atoms with van der Waals surface area (Å²) in [5, 5.41) is 8.94. The molecule has 10 heteroatoms. The Bertz CT molecular complexity index is 494. The number of aromatic nitrogens is 2. The van der Waals surface area contributed by atoms with E-state index in [-0.39, 0.29) is 18.0 Å². The van der Waals surface area contributed by atoms with Crippen LogP contribution >= 0.6 is 0 Å². The summed E-state index contributed by atoms with van der Waals surface area (Å²) in [5.74, 6) is -7.72. The maximum atomic E-state index is 12.8. The molecule has 1 rings (SSSR count). The summed E-state index contributed by atoms with van der Waals surface area (Å²) in [7, 11) is 2.35. The van der Waals surface area contributed by atoms with Crippen LogP contribution in [-0.4, -0.2) is 41.4 Å². The second-order valence-corrected chi connectivity index (χ2v) is 3.42. The van der Waals surface area contributed by atoms with Crippen LogP contribution in [0.25, 0.3) is 6.08 Å². The normalized spacial score (nSPS) is 13.2. The quantitative estimate of drug-likeness (QED) is 0.684. The van der Waals surface area contributed by atoms with E-state index in [0.717, 1.165) is 13.2 Å². The molecular weight excluding hydrogens is 291 g/mol. The molecule has 0 aliphatic carbocycles. The zero-order valence-corrected chi connectivity index (χ0v) is 10.2. The third kappa shape index (κ3) is 3.25. The number of nitrogens with zero attached hydrogens (tertiary/aromatic N) is 2. The van der Waals surface area contributed by atoms with E-state index < -0.39 is 23.6 Å². The fourth-order valence-corrected chi connectivity index (χ4v) is 1.07. The molecule has 1 aromatic heterocycles. The molecule has 0 aliphatic heterocycles. The van der Waals surface area contributed by atoms with E-state index >= 15 is 0 Å². The van der Waals surface area contributed by atoms with Crippen molar-refractivity contribution in [3.05, 3.63) is 17.5 Å². The highest BCUT2D eigenvalue weighted by Crippen LogP contribution is 2.40. The lowest BCUT2D eigenvalue weighted by Gasteiger charge is -2.18. The number of hydrogen-bond acceptors (Lipinski definition) is 5. The van der Waals surface area contributed by atoms with Crippen LogP contribution in [0.15, 0.2) is 11.8 Å². The predicted octanol–water partition coefficient (Wildman–Crippen LogP) is 2.59. The van der Waals surface area contributed by atoms with Gasteiger partial charge in [0.1, 0.15) is 0 Å². The summed E-state index contributed by atoms with van der Waals surface area (Å²) >= 11 is 0. The van der Waals surface area contributed by atoms with Crippen LogP contribution in [0.1, 0.15) is 5.69 Å². The fourth-order valence-electron chi connectivity index (χ4n) is 1.07. The minimum absolute atomic E-state index is 0.133. The maximum absolute atomic E-state index is 12.8. The second-order valence-electron chi connectivity index (χ2n) is 3.42. The third-order valence-corrected chi connectivity index (χ3v) is 2.06. The first-order valence-electron chi connectivity index (χ1n) is 4.94. The molecule has 0 amide bonds. The topological polar surface area (TPSA) is 64.5 Å². The summed E-state index contributed by atoms with van der Waals surface area (Å²) in [6.07, 6.45) is -5.77. The average Bonchev–Trinajstić information content (AvgIpc) is 2.36. The van der Waals surface area contributed by atoms with E-state index in [9.17, 15) is 22.0 Å². The van der Waals surface area contributed by atoms with Gasteiger partial charge in [-0.3, -0.25) is 0 Å². The molecule has 1 N–H and O–H groups in total. The Morgan fingerprint density at radius 3 is 2.20 bits per heavy atom. The van der Waals surface area contributed by atoms with Crippen LogP contribution < -0.4 is 9.47 Å². The Balaban J connectivity index is 3.22. The number of hydrogen-bond donors (Lipinski definition) is 1. The van der Waals surface area contributed by atoms with Gasteiger partial charge in [0.2, 0.25) is 5.88 Å². The Labute approximate surface area is 109 Å².